The molecule has 2 aromatic carbocycles. The molecule has 3 aliphatic rings. The van der Waals surface area contributed by atoms with E-state index in [2.05, 4.69) is 6.07 Å². The van der Waals surface area contributed by atoms with Crippen LogP contribution in [0.15, 0.2) is 54.7 Å². The number of nitriles is 1. The first-order valence-corrected chi connectivity index (χ1v) is 10.2. The molecule has 2 fully saturated rings. The maximum absolute atomic E-state index is 13.5. The lowest BCUT2D eigenvalue weighted by Crippen LogP contribution is -2.40. The number of benzene rings is 2. The molecule has 0 spiro atoms. The highest BCUT2D eigenvalue weighted by Crippen LogP contribution is 2.52. The molecule has 0 N–H and O–H groups in total. The van der Waals surface area contributed by atoms with Crippen molar-refractivity contribution >= 4 is 29.5 Å². The highest BCUT2D eigenvalue weighted by Gasteiger charge is 2.63. The Morgan fingerprint density at radius 1 is 1.06 bits per heavy atom. The summed E-state index contributed by atoms with van der Waals surface area (Å²) in [7, 11) is 0. The summed E-state index contributed by atoms with van der Waals surface area (Å²) in [5.41, 5.74) is 2.66. The first-order valence-electron chi connectivity index (χ1n) is 10.2. The number of ether oxygens (including phenoxy) is 1. The average Bonchev–Trinajstić information content (AvgIpc) is 3.26. The second-order valence-electron chi connectivity index (χ2n) is 7.74. The molecule has 31 heavy (non-hydrogen) atoms. The number of carbonyl (C=O) groups excluding carboxylic acids is 3. The number of anilines is 1. The molecule has 0 saturated carbocycles. The standard InChI is InChI=1S/C24H19N3O4/c1-2-31-24(30)15-7-9-16(10-8-15)27-22(28)19-18(13-25)26-12-11-14-5-3-4-6-17(14)21(26)20(19)23(27)29/h3-12,18-21H,2H2,1H3/t18-,19+,20+,21+/m0/s1. The van der Waals surface area contributed by atoms with Crippen molar-refractivity contribution in [2.45, 2.75) is 19.0 Å². The highest BCUT2D eigenvalue weighted by molar-refractivity contribution is 6.23. The van der Waals surface area contributed by atoms with Crippen LogP contribution in [0.2, 0.25) is 0 Å². The lowest BCUT2D eigenvalue weighted by atomic mass is 9.85. The van der Waals surface area contributed by atoms with E-state index in [1.807, 2.05) is 41.4 Å². The van der Waals surface area contributed by atoms with Crippen LogP contribution in [-0.2, 0) is 14.3 Å². The molecule has 4 atom stereocenters. The maximum Gasteiger partial charge on any atom is 0.338 e. The zero-order valence-corrected chi connectivity index (χ0v) is 16.8. The van der Waals surface area contributed by atoms with E-state index in [4.69, 9.17) is 4.74 Å². The number of carbonyl (C=O) groups is 3. The molecule has 3 aliphatic heterocycles. The van der Waals surface area contributed by atoms with Crippen LogP contribution in [0, 0.1) is 23.2 Å². The van der Waals surface area contributed by atoms with Crippen molar-refractivity contribution in [1.82, 2.24) is 4.90 Å². The van der Waals surface area contributed by atoms with Crippen LogP contribution in [-0.4, -0.2) is 35.3 Å². The average molecular weight is 413 g/mol. The number of fused-ring (bicyclic) bond motifs is 5. The largest absolute Gasteiger partial charge is 0.462 e. The molecule has 0 radical (unpaired) electrons. The SMILES string of the molecule is CCOC(=O)c1ccc(N2C(=O)[C@@H]3[C@H](C2=O)[C@H](C#N)N2C=Cc4ccccc4[C@H]32)cc1. The van der Waals surface area contributed by atoms with Gasteiger partial charge < -0.3 is 9.64 Å². The monoisotopic (exact) mass is 413 g/mol. The molecule has 0 aliphatic carbocycles. The summed E-state index contributed by atoms with van der Waals surface area (Å²) >= 11 is 0. The van der Waals surface area contributed by atoms with Crippen LogP contribution in [0.1, 0.15) is 34.5 Å². The van der Waals surface area contributed by atoms with Crippen LogP contribution in [0.5, 0.6) is 0 Å². The summed E-state index contributed by atoms with van der Waals surface area (Å²) in [5.74, 6) is -2.56. The van der Waals surface area contributed by atoms with Crippen LogP contribution in [0.25, 0.3) is 6.08 Å². The van der Waals surface area contributed by atoms with Crippen LogP contribution in [0.3, 0.4) is 0 Å². The Bertz CT molecular complexity index is 1160. The third kappa shape index (κ3) is 2.68. The van der Waals surface area contributed by atoms with E-state index in [-0.39, 0.29) is 24.5 Å². The van der Waals surface area contributed by atoms with Crippen LogP contribution in [0.4, 0.5) is 5.69 Å². The molecule has 154 valence electrons. The summed E-state index contributed by atoms with van der Waals surface area (Å²) in [4.78, 5) is 41.8. The smallest absolute Gasteiger partial charge is 0.338 e. The van der Waals surface area contributed by atoms with Crippen molar-refractivity contribution in [3.05, 3.63) is 71.4 Å². The van der Waals surface area contributed by atoms with E-state index in [1.165, 1.54) is 12.1 Å². The summed E-state index contributed by atoms with van der Waals surface area (Å²) < 4.78 is 4.98. The second kappa shape index (κ2) is 7.10. The van der Waals surface area contributed by atoms with Gasteiger partial charge in [-0.1, -0.05) is 24.3 Å². The molecule has 2 saturated heterocycles. The molecule has 0 aromatic heterocycles. The summed E-state index contributed by atoms with van der Waals surface area (Å²) in [6.45, 7) is 1.98. The van der Waals surface area contributed by atoms with E-state index in [9.17, 15) is 19.6 Å². The fourth-order valence-corrected chi connectivity index (χ4v) is 4.92. The zero-order chi connectivity index (χ0) is 21.7. The molecule has 0 unspecified atom stereocenters. The summed E-state index contributed by atoms with van der Waals surface area (Å²) in [6.07, 6.45) is 3.73. The van der Waals surface area contributed by atoms with Gasteiger partial charge in [0.2, 0.25) is 11.8 Å². The fraction of sp³-hybridized carbons (Fsp3) is 0.250. The quantitative estimate of drug-likeness (QED) is 0.568. The molecule has 7 nitrogen and oxygen atoms in total. The van der Waals surface area contributed by atoms with Crippen molar-refractivity contribution < 1.29 is 19.1 Å². The minimum atomic E-state index is -0.747. The van der Waals surface area contributed by atoms with E-state index >= 15 is 0 Å². The van der Waals surface area contributed by atoms with Gasteiger partial charge in [-0.05, 0) is 48.4 Å². The van der Waals surface area contributed by atoms with E-state index in [0.29, 0.717) is 11.3 Å². The summed E-state index contributed by atoms with van der Waals surface area (Å²) in [5, 5.41) is 9.85. The van der Waals surface area contributed by atoms with Crippen LogP contribution >= 0.6 is 0 Å². The Labute approximate surface area is 179 Å². The first-order chi connectivity index (χ1) is 15.1. The van der Waals surface area contributed by atoms with Gasteiger partial charge in [-0.2, -0.15) is 5.26 Å². The zero-order valence-electron chi connectivity index (χ0n) is 16.8. The molecule has 5 rings (SSSR count). The normalized spacial score (nSPS) is 25.7. The Morgan fingerprint density at radius 2 is 1.77 bits per heavy atom. The van der Waals surface area contributed by atoms with Gasteiger partial charge in [0, 0.05) is 6.20 Å². The molecular formula is C24H19N3O4. The third-order valence-corrected chi connectivity index (χ3v) is 6.23. The van der Waals surface area contributed by atoms with Gasteiger partial charge in [-0.15, -0.1) is 0 Å². The van der Waals surface area contributed by atoms with E-state index in [1.54, 1.807) is 19.1 Å². The third-order valence-electron chi connectivity index (χ3n) is 6.23. The lowest BCUT2D eigenvalue weighted by Gasteiger charge is -2.33. The van der Waals surface area contributed by atoms with Gasteiger partial charge in [0.15, 0.2) is 0 Å². The first kappa shape index (κ1) is 19.1. The molecular weight excluding hydrogens is 394 g/mol. The number of amides is 2. The Morgan fingerprint density at radius 3 is 2.48 bits per heavy atom. The van der Waals surface area contributed by atoms with Crippen molar-refractivity contribution in [1.29, 1.82) is 5.26 Å². The van der Waals surface area contributed by atoms with Gasteiger partial charge in [-0.3, -0.25) is 9.59 Å². The number of rotatable bonds is 3. The van der Waals surface area contributed by atoms with Gasteiger partial charge in [0.25, 0.3) is 0 Å². The van der Waals surface area contributed by atoms with Gasteiger partial charge >= 0.3 is 5.97 Å². The Balaban J connectivity index is 1.52. The Kier molecular flexibility index (Phi) is 4.36. The van der Waals surface area contributed by atoms with Crippen molar-refractivity contribution in [2.24, 2.45) is 11.8 Å². The lowest BCUT2D eigenvalue weighted by molar-refractivity contribution is -0.123. The molecule has 0 bridgehead atoms. The predicted octanol–water partition coefficient (Wildman–Crippen LogP) is 2.90. The van der Waals surface area contributed by atoms with Gasteiger partial charge in [0.05, 0.1) is 41.8 Å². The highest BCUT2D eigenvalue weighted by atomic mass is 16.5. The van der Waals surface area contributed by atoms with E-state index < -0.39 is 23.8 Å². The van der Waals surface area contributed by atoms with Crippen molar-refractivity contribution in [2.75, 3.05) is 11.5 Å². The maximum atomic E-state index is 13.5. The summed E-state index contributed by atoms with van der Waals surface area (Å²) in [6, 6.07) is 15.1. The van der Waals surface area contributed by atoms with Crippen molar-refractivity contribution in [3.8, 4) is 6.07 Å². The minimum Gasteiger partial charge on any atom is -0.462 e. The van der Waals surface area contributed by atoms with Crippen LogP contribution < -0.4 is 4.90 Å². The predicted molar refractivity (Wildman–Crippen MR) is 111 cm³/mol. The number of imide groups is 1. The van der Waals surface area contributed by atoms with E-state index in [0.717, 1.165) is 16.0 Å². The van der Waals surface area contributed by atoms with Gasteiger partial charge in [0.1, 0.15) is 6.04 Å². The number of hydrogen-bond donors (Lipinski definition) is 0. The van der Waals surface area contributed by atoms with Gasteiger partial charge in [-0.25, -0.2) is 9.69 Å². The molecule has 2 aromatic rings. The second-order valence-corrected chi connectivity index (χ2v) is 7.74. The topological polar surface area (TPSA) is 90.7 Å². The van der Waals surface area contributed by atoms with Crippen molar-refractivity contribution in [3.63, 3.8) is 0 Å². The molecule has 7 heteroatoms. The fourth-order valence-electron chi connectivity index (χ4n) is 4.92. The minimum absolute atomic E-state index is 0.260. The number of esters is 1. The Hall–Kier alpha value is -3.92. The molecule has 3 heterocycles. The number of hydrogen-bond acceptors (Lipinski definition) is 6. The number of nitrogens with zero attached hydrogens (tertiary/aromatic N) is 3. The molecule has 2 amide bonds.